The van der Waals surface area contributed by atoms with Gasteiger partial charge in [-0.3, -0.25) is 0 Å². The Morgan fingerprint density at radius 3 is 2.40 bits per heavy atom. The fourth-order valence-corrected chi connectivity index (χ4v) is 5.14. The zero-order valence-corrected chi connectivity index (χ0v) is 14.7. The Morgan fingerprint density at radius 2 is 1.70 bits per heavy atom. The summed E-state index contributed by atoms with van der Waals surface area (Å²) < 4.78 is 0.917. The molecule has 2 nitrogen and oxygen atoms in total. The molecule has 0 unspecified atom stereocenters. The summed E-state index contributed by atoms with van der Waals surface area (Å²) in [7, 11) is 0. The average molecular weight is 376 g/mol. The molecule has 5 heteroatoms. The van der Waals surface area contributed by atoms with Gasteiger partial charge in [0.1, 0.15) is 11.0 Å². The summed E-state index contributed by atoms with van der Waals surface area (Å²) in [6, 6.07) is 0. The lowest BCUT2D eigenvalue weighted by atomic mass is 10.0. The molecule has 1 heterocycles. The van der Waals surface area contributed by atoms with E-state index in [9.17, 15) is 0 Å². The number of hydrogen-bond acceptors (Lipinski definition) is 3. The van der Waals surface area contributed by atoms with E-state index >= 15 is 0 Å². The van der Waals surface area contributed by atoms with Crippen molar-refractivity contribution in [1.29, 1.82) is 0 Å². The summed E-state index contributed by atoms with van der Waals surface area (Å²) in [5.41, 5.74) is 1.14. The molecule has 2 aliphatic rings. The smallest absolute Gasteiger partial charge is 0.147 e. The topological polar surface area (TPSA) is 25.8 Å². The second-order valence-corrected chi connectivity index (χ2v) is 8.27. The second kappa shape index (κ2) is 6.97. The van der Waals surface area contributed by atoms with Crippen LogP contribution in [0.25, 0.3) is 0 Å². The molecule has 3 rings (SSSR count). The molecule has 1 aromatic rings. The maximum absolute atomic E-state index is 6.29. The van der Waals surface area contributed by atoms with Crippen LogP contribution in [0.5, 0.6) is 0 Å². The molecule has 0 aliphatic heterocycles. The number of halogens is 2. The Labute approximate surface area is 138 Å². The van der Waals surface area contributed by atoms with Gasteiger partial charge >= 0.3 is 0 Å². The van der Waals surface area contributed by atoms with Gasteiger partial charge in [-0.1, -0.05) is 37.3 Å². The Bertz CT molecular complexity index is 471. The lowest BCUT2D eigenvalue weighted by Gasteiger charge is -2.14. The monoisotopic (exact) mass is 374 g/mol. The summed E-state index contributed by atoms with van der Waals surface area (Å²) in [5, 5.41) is 1.39. The highest BCUT2D eigenvalue weighted by atomic mass is 79.9. The minimum atomic E-state index is 0.570. The third kappa shape index (κ3) is 3.50. The minimum absolute atomic E-state index is 0.570. The number of nitrogens with zero attached hydrogens (tertiary/aromatic N) is 2. The van der Waals surface area contributed by atoms with Gasteiger partial charge in [0.05, 0.1) is 15.9 Å². The van der Waals surface area contributed by atoms with E-state index < -0.39 is 0 Å². The van der Waals surface area contributed by atoms with Crippen LogP contribution in [0.2, 0.25) is 5.15 Å². The van der Waals surface area contributed by atoms with E-state index in [1.807, 2.05) is 11.8 Å². The lowest BCUT2D eigenvalue weighted by Crippen LogP contribution is -2.05. The first-order chi connectivity index (χ1) is 9.74. The molecular formula is C15H20BrClN2S. The minimum Gasteiger partial charge on any atom is -0.235 e. The van der Waals surface area contributed by atoms with Crippen LogP contribution in [0.1, 0.15) is 68.8 Å². The highest BCUT2D eigenvalue weighted by Crippen LogP contribution is 2.39. The molecule has 2 aliphatic carbocycles. The van der Waals surface area contributed by atoms with Gasteiger partial charge in [0, 0.05) is 11.2 Å². The van der Waals surface area contributed by atoms with E-state index in [0.717, 1.165) is 27.0 Å². The van der Waals surface area contributed by atoms with Crippen molar-refractivity contribution in [2.45, 2.75) is 68.3 Å². The van der Waals surface area contributed by atoms with E-state index in [-0.39, 0.29) is 0 Å². The second-order valence-electron chi connectivity index (χ2n) is 5.83. The predicted octanol–water partition coefficient (Wildman–Crippen LogP) is 5.73. The molecule has 110 valence electrons. The molecule has 0 saturated heterocycles. The first-order valence-electron chi connectivity index (χ1n) is 7.57. The number of hydrogen-bond donors (Lipinski definition) is 0. The fourth-order valence-electron chi connectivity index (χ4n) is 3.26. The van der Waals surface area contributed by atoms with E-state index in [2.05, 4.69) is 20.9 Å². The molecule has 0 aromatic carbocycles. The van der Waals surface area contributed by atoms with Crippen molar-refractivity contribution in [2.75, 3.05) is 0 Å². The van der Waals surface area contributed by atoms with Crippen LogP contribution in [0.15, 0.2) is 4.47 Å². The fraction of sp³-hybridized carbons (Fsp3) is 0.733. The van der Waals surface area contributed by atoms with E-state index in [1.165, 1.54) is 51.4 Å². The molecule has 0 radical (unpaired) electrons. The summed E-state index contributed by atoms with van der Waals surface area (Å²) in [6.45, 7) is 0. The largest absolute Gasteiger partial charge is 0.235 e. The van der Waals surface area contributed by atoms with Crippen LogP contribution < -0.4 is 0 Å². The molecule has 0 atom stereocenters. The van der Waals surface area contributed by atoms with Crippen LogP contribution in [0, 0.1) is 0 Å². The Morgan fingerprint density at radius 1 is 1.05 bits per heavy atom. The van der Waals surface area contributed by atoms with Crippen LogP contribution in [0.4, 0.5) is 0 Å². The molecule has 1 aromatic heterocycles. The first kappa shape index (κ1) is 15.1. The predicted molar refractivity (Wildman–Crippen MR) is 89.5 cm³/mol. The van der Waals surface area contributed by atoms with Crippen LogP contribution in [-0.2, 0) is 5.75 Å². The normalized spacial score (nSPS) is 20.9. The van der Waals surface area contributed by atoms with Crippen LogP contribution in [-0.4, -0.2) is 15.2 Å². The molecule has 0 spiro atoms. The van der Waals surface area contributed by atoms with Crippen molar-refractivity contribution in [2.24, 2.45) is 0 Å². The van der Waals surface area contributed by atoms with Gasteiger partial charge in [-0.2, -0.15) is 11.8 Å². The molecule has 2 saturated carbocycles. The van der Waals surface area contributed by atoms with Crippen molar-refractivity contribution in [3.8, 4) is 0 Å². The van der Waals surface area contributed by atoms with Crippen molar-refractivity contribution < 1.29 is 0 Å². The van der Waals surface area contributed by atoms with Gasteiger partial charge in [0.2, 0.25) is 0 Å². The van der Waals surface area contributed by atoms with Crippen molar-refractivity contribution in [3.63, 3.8) is 0 Å². The van der Waals surface area contributed by atoms with E-state index in [4.69, 9.17) is 16.6 Å². The first-order valence-corrected chi connectivity index (χ1v) is 9.79. The Hall–Kier alpha value is 0.200. The van der Waals surface area contributed by atoms with Gasteiger partial charge in [-0.25, -0.2) is 9.97 Å². The molecular weight excluding hydrogens is 356 g/mol. The van der Waals surface area contributed by atoms with Crippen LogP contribution >= 0.6 is 39.3 Å². The highest BCUT2D eigenvalue weighted by molar-refractivity contribution is 9.10. The zero-order valence-electron chi connectivity index (χ0n) is 11.6. The van der Waals surface area contributed by atoms with Gasteiger partial charge in [-0.05, 0) is 41.6 Å². The van der Waals surface area contributed by atoms with Gasteiger partial charge in [-0.15, -0.1) is 0 Å². The summed E-state index contributed by atoms with van der Waals surface area (Å²) in [4.78, 5) is 9.27. The number of rotatable bonds is 4. The Kier molecular flexibility index (Phi) is 5.27. The average Bonchev–Trinajstić information content (AvgIpc) is 3.12. The van der Waals surface area contributed by atoms with Crippen molar-refractivity contribution >= 4 is 39.3 Å². The quantitative estimate of drug-likeness (QED) is 0.629. The van der Waals surface area contributed by atoms with Crippen molar-refractivity contribution in [1.82, 2.24) is 9.97 Å². The summed E-state index contributed by atoms with van der Waals surface area (Å²) in [5.74, 6) is 2.38. The highest BCUT2D eigenvalue weighted by Gasteiger charge is 2.24. The van der Waals surface area contributed by atoms with Gasteiger partial charge in [0.25, 0.3) is 0 Å². The zero-order chi connectivity index (χ0) is 13.9. The molecule has 2 fully saturated rings. The number of thioether (sulfide) groups is 1. The van der Waals surface area contributed by atoms with E-state index in [0.29, 0.717) is 11.1 Å². The Balaban J connectivity index is 1.73. The third-order valence-electron chi connectivity index (χ3n) is 4.37. The third-order valence-corrected chi connectivity index (χ3v) is 7.03. The van der Waals surface area contributed by atoms with E-state index in [1.54, 1.807) is 0 Å². The maximum atomic E-state index is 6.29. The summed E-state index contributed by atoms with van der Waals surface area (Å²) in [6.07, 6.45) is 10.6. The molecule has 20 heavy (non-hydrogen) atoms. The van der Waals surface area contributed by atoms with Crippen LogP contribution in [0.3, 0.4) is 0 Å². The molecule has 0 bridgehead atoms. The SMILES string of the molecule is Clc1nc(CSC2CCCC2)nc(C2CCCC2)c1Br. The van der Waals surface area contributed by atoms with Crippen molar-refractivity contribution in [3.05, 3.63) is 21.1 Å². The number of aromatic nitrogens is 2. The maximum Gasteiger partial charge on any atom is 0.147 e. The lowest BCUT2D eigenvalue weighted by molar-refractivity contribution is 0.683. The molecule has 0 N–H and O–H groups in total. The summed E-state index contributed by atoms with van der Waals surface area (Å²) >= 11 is 11.9. The van der Waals surface area contributed by atoms with Gasteiger partial charge in [0.15, 0.2) is 0 Å². The van der Waals surface area contributed by atoms with Gasteiger partial charge < -0.3 is 0 Å². The standard InChI is InChI=1S/C15H20BrClN2S/c16-13-14(10-5-1-2-6-10)18-12(19-15(13)17)9-20-11-7-3-4-8-11/h10-11H,1-9H2. The molecule has 0 amide bonds.